The standard InChI is InChI=1S/C8H14O5/c1-4-3-5(9)6(10)7(13-4)8(11)12-2/h4-7,9-10H,3H2,1-2H3/t4-,5+,6-,7-/m0/s1. The summed E-state index contributed by atoms with van der Waals surface area (Å²) in [5, 5.41) is 18.7. The maximum Gasteiger partial charge on any atom is 0.337 e. The maximum absolute atomic E-state index is 11.1. The molecule has 0 aliphatic carbocycles. The third kappa shape index (κ3) is 2.18. The molecule has 1 heterocycles. The number of aliphatic hydroxyl groups is 2. The van der Waals surface area contributed by atoms with Gasteiger partial charge in [-0.05, 0) is 6.92 Å². The first kappa shape index (κ1) is 10.4. The molecule has 0 radical (unpaired) electrons. The number of methoxy groups -OCH3 is 1. The van der Waals surface area contributed by atoms with E-state index in [-0.39, 0.29) is 6.10 Å². The van der Waals surface area contributed by atoms with E-state index in [1.54, 1.807) is 6.92 Å². The van der Waals surface area contributed by atoms with Crippen LogP contribution in [0.5, 0.6) is 0 Å². The molecule has 1 aliphatic heterocycles. The molecule has 76 valence electrons. The van der Waals surface area contributed by atoms with E-state index in [1.165, 1.54) is 7.11 Å². The van der Waals surface area contributed by atoms with E-state index >= 15 is 0 Å². The summed E-state index contributed by atoms with van der Waals surface area (Å²) in [6, 6.07) is 0. The van der Waals surface area contributed by atoms with Crippen LogP contribution in [0.2, 0.25) is 0 Å². The van der Waals surface area contributed by atoms with Crippen molar-refractivity contribution in [3.8, 4) is 0 Å². The Hall–Kier alpha value is -0.650. The quantitative estimate of drug-likeness (QED) is 0.522. The lowest BCUT2D eigenvalue weighted by Gasteiger charge is -2.33. The summed E-state index contributed by atoms with van der Waals surface area (Å²) in [5.41, 5.74) is 0. The van der Waals surface area contributed by atoms with Gasteiger partial charge < -0.3 is 19.7 Å². The van der Waals surface area contributed by atoms with Crippen molar-refractivity contribution in [2.45, 2.75) is 37.8 Å². The molecule has 0 saturated carbocycles. The third-order valence-electron chi connectivity index (χ3n) is 2.09. The van der Waals surface area contributed by atoms with Crippen molar-refractivity contribution in [3.63, 3.8) is 0 Å². The van der Waals surface area contributed by atoms with E-state index in [4.69, 9.17) is 4.74 Å². The van der Waals surface area contributed by atoms with Crippen molar-refractivity contribution >= 4 is 5.97 Å². The monoisotopic (exact) mass is 190 g/mol. The van der Waals surface area contributed by atoms with Crippen molar-refractivity contribution in [1.82, 2.24) is 0 Å². The Labute approximate surface area is 76.3 Å². The van der Waals surface area contributed by atoms with Crippen molar-refractivity contribution in [2.24, 2.45) is 0 Å². The fourth-order valence-corrected chi connectivity index (χ4v) is 1.38. The van der Waals surface area contributed by atoms with Gasteiger partial charge in [-0.25, -0.2) is 4.79 Å². The fraction of sp³-hybridized carbons (Fsp3) is 0.875. The van der Waals surface area contributed by atoms with Crippen molar-refractivity contribution < 1.29 is 24.5 Å². The molecule has 1 aliphatic rings. The van der Waals surface area contributed by atoms with Gasteiger partial charge in [0.25, 0.3) is 0 Å². The van der Waals surface area contributed by atoms with Gasteiger partial charge >= 0.3 is 5.97 Å². The third-order valence-corrected chi connectivity index (χ3v) is 2.09. The van der Waals surface area contributed by atoms with Crippen LogP contribution in [0.1, 0.15) is 13.3 Å². The number of carbonyl (C=O) groups excluding carboxylic acids is 1. The Bertz CT molecular complexity index is 193. The van der Waals surface area contributed by atoms with Gasteiger partial charge in [0, 0.05) is 6.42 Å². The predicted octanol–water partition coefficient (Wildman–Crippen LogP) is -0.941. The van der Waals surface area contributed by atoms with Crippen molar-refractivity contribution in [3.05, 3.63) is 0 Å². The van der Waals surface area contributed by atoms with Gasteiger partial charge in [0.05, 0.1) is 19.3 Å². The topological polar surface area (TPSA) is 76.0 Å². The zero-order valence-electron chi connectivity index (χ0n) is 7.64. The molecule has 0 bridgehead atoms. The van der Waals surface area contributed by atoms with E-state index in [0.29, 0.717) is 6.42 Å². The maximum atomic E-state index is 11.1. The second kappa shape index (κ2) is 4.04. The van der Waals surface area contributed by atoms with E-state index in [1.807, 2.05) is 0 Å². The summed E-state index contributed by atoms with van der Waals surface area (Å²) in [5.74, 6) is -0.655. The normalized spacial score (nSPS) is 40.0. The van der Waals surface area contributed by atoms with Crippen LogP contribution in [0.25, 0.3) is 0 Å². The van der Waals surface area contributed by atoms with Gasteiger partial charge in [0.2, 0.25) is 0 Å². The summed E-state index contributed by atoms with van der Waals surface area (Å²) in [7, 11) is 1.21. The van der Waals surface area contributed by atoms with Crippen LogP contribution < -0.4 is 0 Å². The van der Waals surface area contributed by atoms with Gasteiger partial charge in [0.15, 0.2) is 6.10 Å². The van der Waals surface area contributed by atoms with Crippen molar-refractivity contribution in [2.75, 3.05) is 7.11 Å². The fourth-order valence-electron chi connectivity index (χ4n) is 1.38. The molecule has 2 N–H and O–H groups in total. The van der Waals surface area contributed by atoms with Gasteiger partial charge in [-0.1, -0.05) is 0 Å². The molecule has 13 heavy (non-hydrogen) atoms. The molecule has 5 heteroatoms. The number of rotatable bonds is 1. The van der Waals surface area contributed by atoms with Crippen LogP contribution in [-0.4, -0.2) is 47.7 Å². The molecule has 0 aromatic heterocycles. The lowest BCUT2D eigenvalue weighted by atomic mass is 9.99. The Morgan fingerprint density at radius 2 is 2.15 bits per heavy atom. The van der Waals surface area contributed by atoms with Gasteiger partial charge in [-0.15, -0.1) is 0 Å². The first-order chi connectivity index (χ1) is 6.06. The highest BCUT2D eigenvalue weighted by molar-refractivity contribution is 5.75. The Kier molecular flexibility index (Phi) is 3.24. The van der Waals surface area contributed by atoms with Crippen LogP contribution in [-0.2, 0) is 14.3 Å². The zero-order valence-corrected chi connectivity index (χ0v) is 7.64. The van der Waals surface area contributed by atoms with E-state index in [0.717, 1.165) is 0 Å². The zero-order chi connectivity index (χ0) is 10.0. The number of hydrogen-bond donors (Lipinski definition) is 2. The molecule has 0 unspecified atom stereocenters. The molecular formula is C8H14O5. The van der Waals surface area contributed by atoms with Crippen LogP contribution in [0, 0.1) is 0 Å². The lowest BCUT2D eigenvalue weighted by Crippen LogP contribution is -2.51. The molecule has 5 nitrogen and oxygen atoms in total. The molecule has 1 rings (SSSR count). The molecule has 0 aromatic carbocycles. The first-order valence-electron chi connectivity index (χ1n) is 4.15. The average Bonchev–Trinajstić information content (AvgIpc) is 2.10. The smallest absolute Gasteiger partial charge is 0.337 e. The predicted molar refractivity (Wildman–Crippen MR) is 43.0 cm³/mol. The molecular weight excluding hydrogens is 176 g/mol. The van der Waals surface area contributed by atoms with E-state index in [2.05, 4.69) is 4.74 Å². The van der Waals surface area contributed by atoms with Gasteiger partial charge in [-0.2, -0.15) is 0 Å². The Morgan fingerprint density at radius 1 is 1.54 bits per heavy atom. The second-order valence-corrected chi connectivity index (χ2v) is 3.18. The highest BCUT2D eigenvalue weighted by atomic mass is 16.6. The molecule has 1 saturated heterocycles. The summed E-state index contributed by atoms with van der Waals surface area (Å²) in [6.45, 7) is 1.73. The molecule has 1 fully saturated rings. The van der Waals surface area contributed by atoms with Crippen molar-refractivity contribution in [1.29, 1.82) is 0 Å². The largest absolute Gasteiger partial charge is 0.467 e. The lowest BCUT2D eigenvalue weighted by molar-refractivity contribution is -0.193. The minimum Gasteiger partial charge on any atom is -0.467 e. The SMILES string of the molecule is COC(=O)[C@H]1O[C@@H](C)C[C@@H](O)[C@@H]1O. The summed E-state index contributed by atoms with van der Waals surface area (Å²) in [6.07, 6.45) is -3.10. The average molecular weight is 190 g/mol. The molecule has 0 aromatic rings. The van der Waals surface area contributed by atoms with Gasteiger partial charge in [-0.3, -0.25) is 0 Å². The number of hydrogen-bond acceptors (Lipinski definition) is 5. The first-order valence-corrected chi connectivity index (χ1v) is 4.15. The summed E-state index contributed by atoms with van der Waals surface area (Å²) in [4.78, 5) is 11.1. The minimum absolute atomic E-state index is 0.248. The van der Waals surface area contributed by atoms with Crippen LogP contribution in [0.3, 0.4) is 0 Å². The summed E-state index contributed by atoms with van der Waals surface area (Å²) < 4.78 is 9.56. The van der Waals surface area contributed by atoms with Gasteiger partial charge in [0.1, 0.15) is 6.10 Å². The number of carbonyl (C=O) groups is 1. The van der Waals surface area contributed by atoms with E-state index < -0.39 is 24.3 Å². The molecule has 4 atom stereocenters. The number of ether oxygens (including phenoxy) is 2. The Morgan fingerprint density at radius 3 is 2.69 bits per heavy atom. The van der Waals surface area contributed by atoms with Crippen LogP contribution in [0.4, 0.5) is 0 Å². The minimum atomic E-state index is -1.19. The molecule has 0 spiro atoms. The Balaban J connectivity index is 2.66. The summed E-state index contributed by atoms with van der Waals surface area (Å²) >= 11 is 0. The van der Waals surface area contributed by atoms with Crippen LogP contribution in [0.15, 0.2) is 0 Å². The molecule has 0 amide bonds. The highest BCUT2D eigenvalue weighted by Crippen LogP contribution is 2.20. The van der Waals surface area contributed by atoms with Crippen LogP contribution >= 0.6 is 0 Å². The number of aliphatic hydroxyl groups excluding tert-OH is 2. The second-order valence-electron chi connectivity index (χ2n) is 3.18. The van der Waals surface area contributed by atoms with E-state index in [9.17, 15) is 15.0 Å². The number of esters is 1. The highest BCUT2D eigenvalue weighted by Gasteiger charge is 2.40.